The molecule has 1 atom stereocenters. The maximum Gasteiger partial charge on any atom is 0.261 e. The lowest BCUT2D eigenvalue weighted by Gasteiger charge is -2.12. The first kappa shape index (κ1) is 21.6. The molecule has 2 aromatic rings. The van der Waals surface area contributed by atoms with Crippen LogP contribution in [0.2, 0.25) is 0 Å². The van der Waals surface area contributed by atoms with Crippen molar-refractivity contribution in [3.05, 3.63) is 16.3 Å². The molecule has 0 radical (unpaired) electrons. The number of hydrogen-bond donors (Lipinski definition) is 2. The van der Waals surface area contributed by atoms with E-state index in [0.717, 1.165) is 22.3 Å². The molecule has 0 saturated carbocycles. The quantitative estimate of drug-likeness (QED) is 0.721. The first-order chi connectivity index (χ1) is 11.5. The minimum Gasteiger partial charge on any atom is -0.480 e. The van der Waals surface area contributed by atoms with Gasteiger partial charge in [-0.2, -0.15) is 4.98 Å². The van der Waals surface area contributed by atoms with Gasteiger partial charge in [-0.15, -0.1) is 23.7 Å². The Balaban J connectivity index is 0.00000312. The van der Waals surface area contributed by atoms with Gasteiger partial charge in [-0.25, -0.2) is 4.98 Å². The molecule has 0 unspecified atom stereocenters. The number of aryl methyl sites for hydroxylation is 1. The van der Waals surface area contributed by atoms with Crippen molar-refractivity contribution in [2.24, 2.45) is 0 Å². The summed E-state index contributed by atoms with van der Waals surface area (Å²) in [6, 6.07) is 0.219. The van der Waals surface area contributed by atoms with Crippen molar-refractivity contribution in [3.63, 3.8) is 0 Å². The summed E-state index contributed by atoms with van der Waals surface area (Å²) in [7, 11) is 3.15. The molecule has 2 heterocycles. The van der Waals surface area contributed by atoms with Crippen LogP contribution in [-0.4, -0.2) is 49.2 Å². The second-order valence-electron chi connectivity index (χ2n) is 5.49. The minimum atomic E-state index is -0.101. The lowest BCUT2D eigenvalue weighted by molar-refractivity contribution is 0.0954. The van der Waals surface area contributed by atoms with Gasteiger partial charge in [-0.05, 0) is 26.0 Å². The van der Waals surface area contributed by atoms with E-state index >= 15 is 0 Å². The molecule has 0 aliphatic heterocycles. The second kappa shape index (κ2) is 9.86. The Hall–Kier alpha value is -1.48. The molecule has 2 aromatic heterocycles. The smallest absolute Gasteiger partial charge is 0.261 e. The third-order valence-corrected chi connectivity index (χ3v) is 4.78. The van der Waals surface area contributed by atoms with Gasteiger partial charge in [0.2, 0.25) is 5.88 Å². The molecule has 0 saturated heterocycles. The van der Waals surface area contributed by atoms with Gasteiger partial charge >= 0.3 is 0 Å². The summed E-state index contributed by atoms with van der Waals surface area (Å²) in [6.07, 6.45) is 0. The molecule has 0 bridgehead atoms. The molecule has 0 aliphatic carbocycles. The fraction of sp³-hybridized carbons (Fsp3) is 0.562. The molecule has 0 aromatic carbocycles. The van der Waals surface area contributed by atoms with E-state index in [0.29, 0.717) is 29.7 Å². The zero-order valence-electron chi connectivity index (χ0n) is 15.1. The molecule has 7 nitrogen and oxygen atoms in total. The van der Waals surface area contributed by atoms with Crippen LogP contribution in [0.4, 0.5) is 0 Å². The highest BCUT2D eigenvalue weighted by Crippen LogP contribution is 2.34. The number of ether oxygens (including phenoxy) is 2. The number of halogens is 1. The molecule has 1 amide bonds. The van der Waals surface area contributed by atoms with Crippen molar-refractivity contribution >= 4 is 39.9 Å². The molecule has 0 fully saturated rings. The third-order valence-electron chi connectivity index (χ3n) is 3.60. The Morgan fingerprint density at radius 3 is 2.64 bits per heavy atom. The average molecular weight is 389 g/mol. The van der Waals surface area contributed by atoms with Gasteiger partial charge < -0.3 is 20.1 Å². The van der Waals surface area contributed by atoms with Gasteiger partial charge in [0.1, 0.15) is 11.4 Å². The monoisotopic (exact) mass is 388 g/mol. The highest BCUT2D eigenvalue weighted by atomic mass is 35.5. The Bertz CT molecular complexity index is 723. The van der Waals surface area contributed by atoms with E-state index in [4.69, 9.17) is 9.47 Å². The molecule has 140 valence electrons. The summed E-state index contributed by atoms with van der Waals surface area (Å²) in [5, 5.41) is 7.01. The van der Waals surface area contributed by atoms with Crippen LogP contribution in [0.15, 0.2) is 0 Å². The molecular weight excluding hydrogens is 364 g/mol. The van der Waals surface area contributed by atoms with Gasteiger partial charge in [0.25, 0.3) is 5.91 Å². The number of hydrogen-bond acceptors (Lipinski definition) is 7. The maximum atomic E-state index is 12.5. The highest BCUT2D eigenvalue weighted by molar-refractivity contribution is 7.20. The zero-order chi connectivity index (χ0) is 17.7. The Kier molecular flexibility index (Phi) is 8.51. The number of carbonyl (C=O) groups is 1. The van der Waals surface area contributed by atoms with Gasteiger partial charge in [-0.3, -0.25) is 4.79 Å². The number of rotatable bonds is 8. The number of fused-ring (bicyclic) bond motifs is 1. The lowest BCUT2D eigenvalue weighted by atomic mass is 10.2. The van der Waals surface area contributed by atoms with Crippen molar-refractivity contribution in [2.75, 3.05) is 27.3 Å². The first-order valence-electron chi connectivity index (χ1n) is 7.86. The number of thiophene rings is 1. The van der Waals surface area contributed by atoms with E-state index in [1.165, 1.54) is 11.3 Å². The molecule has 0 spiro atoms. The number of nitrogens with one attached hydrogen (secondary N) is 2. The topological polar surface area (TPSA) is 85.4 Å². The van der Waals surface area contributed by atoms with Crippen LogP contribution in [-0.2, 0) is 11.3 Å². The summed E-state index contributed by atoms with van der Waals surface area (Å²) in [5.41, 5.74) is 0.837. The molecule has 25 heavy (non-hydrogen) atoms. The number of carbonyl (C=O) groups excluding carboxylic acids is 1. The van der Waals surface area contributed by atoms with E-state index in [-0.39, 0.29) is 24.4 Å². The fourth-order valence-electron chi connectivity index (χ4n) is 2.45. The average Bonchev–Trinajstić information content (AvgIpc) is 2.89. The van der Waals surface area contributed by atoms with Gasteiger partial charge in [0.05, 0.1) is 17.4 Å². The van der Waals surface area contributed by atoms with E-state index in [9.17, 15) is 4.79 Å². The van der Waals surface area contributed by atoms with Crippen molar-refractivity contribution in [1.29, 1.82) is 0 Å². The second-order valence-corrected chi connectivity index (χ2v) is 6.49. The number of nitrogens with zero attached hydrogens (tertiary/aromatic N) is 2. The van der Waals surface area contributed by atoms with Crippen LogP contribution in [0.3, 0.4) is 0 Å². The van der Waals surface area contributed by atoms with Crippen molar-refractivity contribution in [1.82, 2.24) is 20.6 Å². The highest BCUT2D eigenvalue weighted by Gasteiger charge is 2.21. The van der Waals surface area contributed by atoms with E-state index in [2.05, 4.69) is 20.6 Å². The first-order valence-corrected chi connectivity index (χ1v) is 8.67. The minimum absolute atomic E-state index is 0. The summed E-state index contributed by atoms with van der Waals surface area (Å²) in [4.78, 5) is 22.7. The van der Waals surface area contributed by atoms with Crippen LogP contribution in [0.25, 0.3) is 10.2 Å². The van der Waals surface area contributed by atoms with Crippen LogP contribution in [0.5, 0.6) is 5.88 Å². The van der Waals surface area contributed by atoms with E-state index in [1.807, 2.05) is 20.8 Å². The molecule has 9 heteroatoms. The van der Waals surface area contributed by atoms with E-state index < -0.39 is 0 Å². The van der Waals surface area contributed by atoms with Crippen LogP contribution < -0.4 is 15.4 Å². The standard InChI is InChI=1S/C16H24N4O3S.ClH/c1-6-17-9(2)7-18-14(21)13-10(3)12-15(23-5)19-11(8-22-4)20-16(12)24-13;/h9,17H,6-8H2,1-5H3,(H,18,21);1H/t9-;/m1./s1. The Morgan fingerprint density at radius 2 is 2.04 bits per heavy atom. The van der Waals surface area contributed by atoms with Crippen molar-refractivity contribution < 1.29 is 14.3 Å². The van der Waals surface area contributed by atoms with Crippen molar-refractivity contribution in [2.45, 2.75) is 33.4 Å². The number of likely N-dealkylation sites (N-methyl/N-ethyl adjacent to an activating group) is 1. The number of amides is 1. The largest absolute Gasteiger partial charge is 0.480 e. The zero-order valence-corrected chi connectivity index (χ0v) is 16.8. The van der Waals surface area contributed by atoms with Gasteiger partial charge in [0.15, 0.2) is 5.82 Å². The third kappa shape index (κ3) is 5.01. The Labute approximate surface area is 157 Å². The lowest BCUT2D eigenvalue weighted by Crippen LogP contribution is -2.38. The van der Waals surface area contributed by atoms with Crippen LogP contribution in [0, 0.1) is 6.92 Å². The van der Waals surface area contributed by atoms with Crippen LogP contribution in [0.1, 0.15) is 34.9 Å². The predicted octanol–water partition coefficient (Wildman–Crippen LogP) is 2.30. The van der Waals surface area contributed by atoms with Gasteiger partial charge in [0, 0.05) is 19.7 Å². The van der Waals surface area contributed by atoms with Crippen molar-refractivity contribution in [3.8, 4) is 5.88 Å². The Morgan fingerprint density at radius 1 is 1.32 bits per heavy atom. The normalized spacial score (nSPS) is 11.9. The summed E-state index contributed by atoms with van der Waals surface area (Å²) in [5.74, 6) is 0.910. The summed E-state index contributed by atoms with van der Waals surface area (Å²) < 4.78 is 10.5. The molecule has 2 N–H and O–H groups in total. The molecule has 2 rings (SSSR count). The number of methoxy groups -OCH3 is 2. The predicted molar refractivity (Wildman–Crippen MR) is 102 cm³/mol. The fourth-order valence-corrected chi connectivity index (χ4v) is 3.56. The molecular formula is C16H25ClN4O3S. The summed E-state index contributed by atoms with van der Waals surface area (Å²) >= 11 is 1.35. The molecule has 0 aliphatic rings. The summed E-state index contributed by atoms with van der Waals surface area (Å²) in [6.45, 7) is 7.70. The van der Waals surface area contributed by atoms with Gasteiger partial charge in [-0.1, -0.05) is 6.92 Å². The maximum absolute atomic E-state index is 12.5. The SMILES string of the molecule is CCN[C@H](C)CNC(=O)c1sc2nc(COC)nc(OC)c2c1C.Cl. The van der Waals surface area contributed by atoms with Crippen LogP contribution >= 0.6 is 23.7 Å². The van der Waals surface area contributed by atoms with E-state index in [1.54, 1.807) is 14.2 Å². The number of aromatic nitrogens is 2.